The number of aromatic nitrogens is 1. The van der Waals surface area contributed by atoms with Gasteiger partial charge in [-0.05, 0) is 31.4 Å². The van der Waals surface area contributed by atoms with Gasteiger partial charge in [0.1, 0.15) is 5.82 Å². The molecule has 0 radical (unpaired) electrons. The Hall–Kier alpha value is -2.14. The summed E-state index contributed by atoms with van der Waals surface area (Å²) in [6.07, 6.45) is 6.68. The van der Waals surface area contributed by atoms with Crippen molar-refractivity contribution in [1.29, 1.82) is 0 Å². The van der Waals surface area contributed by atoms with Crippen LogP contribution in [-0.2, 0) is 0 Å². The first-order valence-corrected chi connectivity index (χ1v) is 7.70. The van der Waals surface area contributed by atoms with E-state index in [0.717, 1.165) is 12.8 Å². The molecule has 0 saturated carbocycles. The molecule has 4 nitrogen and oxygen atoms in total. The fraction of sp³-hybridized carbons (Fsp3) is 0.353. The number of amides is 1. The van der Waals surface area contributed by atoms with E-state index in [1.54, 1.807) is 36.7 Å². The summed E-state index contributed by atoms with van der Waals surface area (Å²) in [5.41, 5.74) is 1.22. The maximum Gasteiger partial charge on any atom is 0.325 e. The van der Waals surface area contributed by atoms with Gasteiger partial charge in [-0.15, -0.1) is 0 Å². The Morgan fingerprint density at radius 2 is 2.14 bits per heavy atom. The number of hydrogen-bond acceptors (Lipinski definition) is 2. The topological polar surface area (TPSA) is 46.1 Å². The lowest BCUT2D eigenvalue weighted by Gasteiger charge is -2.21. The Kier molecular flexibility index (Phi) is 3.22. The van der Waals surface area contributed by atoms with Crippen molar-refractivity contribution < 1.29 is 9.18 Å². The van der Waals surface area contributed by atoms with E-state index in [1.165, 1.54) is 17.1 Å². The maximum absolute atomic E-state index is 13.8. The minimum atomic E-state index is -0.280. The molecule has 0 aliphatic carbocycles. The molecule has 2 aliphatic rings. The van der Waals surface area contributed by atoms with E-state index in [-0.39, 0.29) is 17.9 Å². The summed E-state index contributed by atoms with van der Waals surface area (Å²) in [4.78, 5) is 12.3. The third-order valence-corrected chi connectivity index (χ3v) is 4.72. The second-order valence-corrected chi connectivity index (χ2v) is 6.13. The molecule has 22 heavy (non-hydrogen) atoms. The lowest BCUT2D eigenvalue weighted by atomic mass is 9.96. The molecule has 3 heterocycles. The van der Waals surface area contributed by atoms with E-state index in [1.807, 2.05) is 0 Å². The fourth-order valence-corrected chi connectivity index (χ4v) is 3.59. The van der Waals surface area contributed by atoms with Crippen molar-refractivity contribution in [2.45, 2.75) is 37.4 Å². The molecule has 3 unspecified atom stereocenters. The monoisotopic (exact) mass is 299 g/mol. The van der Waals surface area contributed by atoms with Crippen LogP contribution in [0.5, 0.6) is 0 Å². The van der Waals surface area contributed by atoms with Crippen LogP contribution in [0.2, 0.25) is 0 Å². The van der Waals surface area contributed by atoms with Gasteiger partial charge in [0.05, 0.1) is 0 Å². The van der Waals surface area contributed by atoms with Crippen molar-refractivity contribution in [3.8, 4) is 11.1 Å². The molecule has 2 fully saturated rings. The number of benzene rings is 1. The molecule has 1 aromatic carbocycles. The number of carbonyl (C=O) groups is 1. The molecule has 2 bridgehead atoms. The summed E-state index contributed by atoms with van der Waals surface area (Å²) in [6, 6.07) is 9.34. The number of hydrogen-bond donors (Lipinski definition) is 2. The van der Waals surface area contributed by atoms with Gasteiger partial charge < -0.3 is 10.6 Å². The molecular formula is C17H18FN3O. The van der Waals surface area contributed by atoms with Crippen LogP contribution in [0.4, 0.5) is 9.18 Å². The summed E-state index contributed by atoms with van der Waals surface area (Å²) >= 11 is 0. The van der Waals surface area contributed by atoms with Crippen LogP contribution < -0.4 is 10.6 Å². The summed E-state index contributed by atoms with van der Waals surface area (Å²) < 4.78 is 15.3. The van der Waals surface area contributed by atoms with E-state index < -0.39 is 0 Å². The molecular weight excluding hydrogens is 281 g/mol. The van der Waals surface area contributed by atoms with Crippen LogP contribution in [0.1, 0.15) is 19.3 Å². The average Bonchev–Trinajstić information content (AvgIpc) is 3.24. The molecule has 4 rings (SSSR count). The smallest absolute Gasteiger partial charge is 0.325 e. The zero-order valence-corrected chi connectivity index (χ0v) is 12.1. The van der Waals surface area contributed by atoms with Gasteiger partial charge in [-0.1, -0.05) is 18.2 Å². The lowest BCUT2D eigenvalue weighted by Crippen LogP contribution is -2.44. The van der Waals surface area contributed by atoms with Crippen LogP contribution in [-0.4, -0.2) is 28.7 Å². The molecule has 0 spiro atoms. The van der Waals surface area contributed by atoms with E-state index in [2.05, 4.69) is 10.6 Å². The molecule has 5 heteroatoms. The minimum Gasteiger partial charge on any atom is -0.333 e. The first-order chi connectivity index (χ1) is 10.7. The summed E-state index contributed by atoms with van der Waals surface area (Å²) in [5, 5.41) is 6.57. The van der Waals surface area contributed by atoms with Crippen molar-refractivity contribution in [3.05, 3.63) is 48.5 Å². The zero-order valence-electron chi connectivity index (χ0n) is 12.1. The van der Waals surface area contributed by atoms with Crippen molar-refractivity contribution >= 4 is 6.03 Å². The number of carbonyl (C=O) groups excluding carboxylic acids is 1. The average molecular weight is 299 g/mol. The second kappa shape index (κ2) is 5.25. The molecule has 2 aromatic rings. The molecule has 1 amide bonds. The first-order valence-electron chi connectivity index (χ1n) is 7.70. The summed E-state index contributed by atoms with van der Waals surface area (Å²) in [5.74, 6) is -0.280. The highest BCUT2D eigenvalue weighted by atomic mass is 19.1. The van der Waals surface area contributed by atoms with Crippen LogP contribution in [0.3, 0.4) is 0 Å². The van der Waals surface area contributed by atoms with Gasteiger partial charge in [0.25, 0.3) is 0 Å². The first kappa shape index (κ1) is 13.5. The van der Waals surface area contributed by atoms with Crippen LogP contribution in [0.15, 0.2) is 42.7 Å². The quantitative estimate of drug-likeness (QED) is 0.895. The van der Waals surface area contributed by atoms with E-state index >= 15 is 0 Å². The van der Waals surface area contributed by atoms with E-state index in [9.17, 15) is 9.18 Å². The number of nitrogens with one attached hydrogen (secondary N) is 2. The zero-order chi connectivity index (χ0) is 15.1. The Bertz CT molecular complexity index is 711. The molecule has 3 atom stereocenters. The normalized spacial score (nSPS) is 26.3. The number of halogens is 1. The number of fused-ring (bicyclic) bond motifs is 2. The predicted molar refractivity (Wildman–Crippen MR) is 82.1 cm³/mol. The fourth-order valence-electron chi connectivity index (χ4n) is 3.59. The molecule has 2 N–H and O–H groups in total. The minimum absolute atomic E-state index is 0.151. The Morgan fingerprint density at radius 1 is 1.27 bits per heavy atom. The van der Waals surface area contributed by atoms with Crippen LogP contribution in [0, 0.1) is 5.82 Å². The van der Waals surface area contributed by atoms with Gasteiger partial charge in [-0.25, -0.2) is 9.18 Å². The van der Waals surface area contributed by atoms with Crippen molar-refractivity contribution in [3.63, 3.8) is 0 Å². The highest BCUT2D eigenvalue weighted by molar-refractivity contribution is 5.79. The van der Waals surface area contributed by atoms with Crippen molar-refractivity contribution in [2.24, 2.45) is 0 Å². The highest BCUT2D eigenvalue weighted by Gasteiger charge is 2.39. The molecule has 2 saturated heterocycles. The SMILES string of the molecule is O=C(NC1CC2CCC1N2)n1ccc(-c2ccccc2F)c1. The Balaban J connectivity index is 1.49. The van der Waals surface area contributed by atoms with Gasteiger partial charge >= 0.3 is 6.03 Å². The van der Waals surface area contributed by atoms with Crippen molar-refractivity contribution in [2.75, 3.05) is 0 Å². The molecule has 2 aliphatic heterocycles. The van der Waals surface area contributed by atoms with Crippen molar-refractivity contribution in [1.82, 2.24) is 15.2 Å². The third-order valence-electron chi connectivity index (χ3n) is 4.72. The predicted octanol–water partition coefficient (Wildman–Crippen LogP) is 2.74. The van der Waals surface area contributed by atoms with Crippen LogP contribution in [0.25, 0.3) is 11.1 Å². The summed E-state index contributed by atoms with van der Waals surface area (Å²) in [7, 11) is 0. The third kappa shape index (κ3) is 2.31. The second-order valence-electron chi connectivity index (χ2n) is 6.13. The van der Waals surface area contributed by atoms with Gasteiger partial charge in [0, 0.05) is 41.6 Å². The van der Waals surface area contributed by atoms with Gasteiger partial charge in [0.15, 0.2) is 0 Å². The van der Waals surface area contributed by atoms with Crippen LogP contribution >= 0.6 is 0 Å². The van der Waals surface area contributed by atoms with E-state index in [0.29, 0.717) is 23.2 Å². The number of rotatable bonds is 2. The van der Waals surface area contributed by atoms with Gasteiger partial charge in [-0.2, -0.15) is 0 Å². The molecule has 1 aromatic heterocycles. The lowest BCUT2D eigenvalue weighted by molar-refractivity contribution is 0.236. The Morgan fingerprint density at radius 3 is 2.86 bits per heavy atom. The standard InChI is InChI=1S/C17H18FN3O/c18-14-4-2-1-3-13(14)11-7-8-21(10-11)17(22)20-16-9-12-5-6-15(16)19-12/h1-4,7-8,10,12,15-16,19H,5-6,9H2,(H,20,22). The highest BCUT2D eigenvalue weighted by Crippen LogP contribution is 2.28. The maximum atomic E-state index is 13.8. The summed E-state index contributed by atoms with van der Waals surface area (Å²) in [6.45, 7) is 0. The van der Waals surface area contributed by atoms with Gasteiger partial charge in [-0.3, -0.25) is 4.57 Å². The van der Waals surface area contributed by atoms with Gasteiger partial charge in [0.2, 0.25) is 0 Å². The van der Waals surface area contributed by atoms with E-state index in [4.69, 9.17) is 0 Å². The number of nitrogens with zero attached hydrogens (tertiary/aromatic N) is 1. The molecule has 114 valence electrons. The largest absolute Gasteiger partial charge is 0.333 e. The Labute approximate surface area is 128 Å².